The standard InChI is InChI=1S/C17H22O2/c1-10(2)9-15-16-11(3)12(4)18-17(16)13-7-5-6-8-14(13)19-15/h5-9,11-12,15-17H,1-4H3/t11-,12-,15+,16+,17-/m0/s1. The lowest BCUT2D eigenvalue weighted by atomic mass is 9.79. The Balaban J connectivity index is 2.05. The van der Waals surface area contributed by atoms with Crippen LogP contribution >= 0.6 is 0 Å². The Morgan fingerprint density at radius 2 is 1.89 bits per heavy atom. The van der Waals surface area contributed by atoms with E-state index in [1.165, 1.54) is 11.1 Å². The summed E-state index contributed by atoms with van der Waals surface area (Å²) in [5.41, 5.74) is 2.51. The summed E-state index contributed by atoms with van der Waals surface area (Å²) in [5, 5.41) is 0. The first-order chi connectivity index (χ1) is 9.08. The van der Waals surface area contributed by atoms with E-state index in [9.17, 15) is 0 Å². The minimum absolute atomic E-state index is 0.129. The smallest absolute Gasteiger partial charge is 0.126 e. The van der Waals surface area contributed by atoms with Gasteiger partial charge >= 0.3 is 0 Å². The second-order valence-electron chi connectivity index (χ2n) is 6.06. The molecular formula is C17H22O2. The molecule has 0 radical (unpaired) electrons. The van der Waals surface area contributed by atoms with Gasteiger partial charge < -0.3 is 9.47 Å². The van der Waals surface area contributed by atoms with Crippen molar-refractivity contribution in [2.24, 2.45) is 11.8 Å². The molecule has 0 unspecified atom stereocenters. The summed E-state index contributed by atoms with van der Waals surface area (Å²) in [6.07, 6.45) is 2.84. The van der Waals surface area contributed by atoms with Gasteiger partial charge in [0.25, 0.3) is 0 Å². The second kappa shape index (κ2) is 4.68. The van der Waals surface area contributed by atoms with E-state index in [1.807, 2.05) is 6.07 Å². The summed E-state index contributed by atoms with van der Waals surface area (Å²) in [7, 11) is 0. The van der Waals surface area contributed by atoms with E-state index in [2.05, 4.69) is 52.0 Å². The number of rotatable bonds is 1. The maximum Gasteiger partial charge on any atom is 0.126 e. The van der Waals surface area contributed by atoms with Gasteiger partial charge in [0.2, 0.25) is 0 Å². The molecule has 2 heterocycles. The van der Waals surface area contributed by atoms with Crippen LogP contribution in [0.2, 0.25) is 0 Å². The van der Waals surface area contributed by atoms with Crippen LogP contribution in [0.5, 0.6) is 5.75 Å². The third-order valence-corrected chi connectivity index (χ3v) is 4.42. The van der Waals surface area contributed by atoms with Gasteiger partial charge in [-0.15, -0.1) is 0 Å². The lowest BCUT2D eigenvalue weighted by molar-refractivity contribution is 0.0102. The zero-order valence-corrected chi connectivity index (χ0v) is 12.1. The SMILES string of the molecule is CC(C)=C[C@H]1Oc2ccccc2[C@@H]2O[C@@H](C)[C@H](C)[C@H]12. The third kappa shape index (κ3) is 2.08. The molecule has 0 bridgehead atoms. The predicted octanol–water partition coefficient (Wildman–Crippen LogP) is 4.13. The molecule has 1 saturated heterocycles. The Hall–Kier alpha value is -1.28. The summed E-state index contributed by atoms with van der Waals surface area (Å²) >= 11 is 0. The van der Waals surface area contributed by atoms with E-state index in [1.54, 1.807) is 0 Å². The van der Waals surface area contributed by atoms with E-state index in [0.29, 0.717) is 11.8 Å². The van der Waals surface area contributed by atoms with Crippen LogP contribution in [0.3, 0.4) is 0 Å². The molecule has 5 atom stereocenters. The third-order valence-electron chi connectivity index (χ3n) is 4.42. The molecule has 2 nitrogen and oxygen atoms in total. The fourth-order valence-electron chi connectivity index (χ4n) is 3.31. The van der Waals surface area contributed by atoms with Gasteiger partial charge in [0.15, 0.2) is 0 Å². The Labute approximate surface area is 115 Å². The number of para-hydroxylation sites is 1. The lowest BCUT2D eigenvalue weighted by Crippen LogP contribution is -2.35. The molecule has 1 aromatic rings. The molecule has 102 valence electrons. The molecule has 0 spiro atoms. The number of fused-ring (bicyclic) bond motifs is 3. The zero-order valence-electron chi connectivity index (χ0n) is 12.1. The highest BCUT2D eigenvalue weighted by molar-refractivity contribution is 5.39. The molecule has 0 N–H and O–H groups in total. The topological polar surface area (TPSA) is 18.5 Å². The predicted molar refractivity (Wildman–Crippen MR) is 76.2 cm³/mol. The summed E-state index contributed by atoms with van der Waals surface area (Å²) in [6.45, 7) is 8.70. The van der Waals surface area contributed by atoms with Crippen molar-refractivity contribution in [2.45, 2.75) is 46.0 Å². The van der Waals surface area contributed by atoms with Gasteiger partial charge in [-0.05, 0) is 38.8 Å². The van der Waals surface area contributed by atoms with Crippen LogP contribution in [0, 0.1) is 11.8 Å². The highest BCUT2D eigenvalue weighted by Gasteiger charge is 2.48. The first kappa shape index (κ1) is 12.7. The van der Waals surface area contributed by atoms with Crippen LogP contribution in [-0.4, -0.2) is 12.2 Å². The molecule has 0 aromatic heterocycles. The lowest BCUT2D eigenvalue weighted by Gasteiger charge is -2.35. The number of benzene rings is 1. The maximum absolute atomic E-state index is 6.22. The van der Waals surface area contributed by atoms with Crippen LogP contribution in [0.15, 0.2) is 35.9 Å². The number of allylic oxidation sites excluding steroid dienone is 1. The molecular weight excluding hydrogens is 236 g/mol. The summed E-state index contributed by atoms with van der Waals surface area (Å²) in [4.78, 5) is 0. The van der Waals surface area contributed by atoms with E-state index in [0.717, 1.165) is 5.75 Å². The minimum Gasteiger partial charge on any atom is -0.486 e. The van der Waals surface area contributed by atoms with Crippen molar-refractivity contribution in [3.05, 3.63) is 41.5 Å². The largest absolute Gasteiger partial charge is 0.486 e. The fourth-order valence-corrected chi connectivity index (χ4v) is 3.31. The Morgan fingerprint density at radius 1 is 1.16 bits per heavy atom. The van der Waals surface area contributed by atoms with E-state index < -0.39 is 0 Å². The quantitative estimate of drug-likeness (QED) is 0.705. The van der Waals surface area contributed by atoms with Crippen LogP contribution in [-0.2, 0) is 4.74 Å². The monoisotopic (exact) mass is 258 g/mol. The van der Waals surface area contributed by atoms with Crippen molar-refractivity contribution < 1.29 is 9.47 Å². The molecule has 2 aliphatic rings. The molecule has 0 aliphatic carbocycles. The summed E-state index contributed by atoms with van der Waals surface area (Å²) in [5.74, 6) is 1.91. The van der Waals surface area contributed by atoms with Crippen molar-refractivity contribution in [3.63, 3.8) is 0 Å². The van der Waals surface area contributed by atoms with E-state index in [-0.39, 0.29) is 18.3 Å². The molecule has 0 amide bonds. The summed E-state index contributed by atoms with van der Waals surface area (Å²) < 4.78 is 12.4. The van der Waals surface area contributed by atoms with Gasteiger partial charge in [-0.2, -0.15) is 0 Å². The first-order valence-electron chi connectivity index (χ1n) is 7.14. The van der Waals surface area contributed by atoms with E-state index in [4.69, 9.17) is 9.47 Å². The van der Waals surface area contributed by atoms with Gasteiger partial charge in [0.1, 0.15) is 11.9 Å². The van der Waals surface area contributed by atoms with Crippen LogP contribution < -0.4 is 4.74 Å². The van der Waals surface area contributed by atoms with Crippen molar-refractivity contribution >= 4 is 0 Å². The van der Waals surface area contributed by atoms with Gasteiger partial charge in [-0.25, -0.2) is 0 Å². The first-order valence-corrected chi connectivity index (χ1v) is 7.14. The molecule has 3 rings (SSSR count). The van der Waals surface area contributed by atoms with E-state index >= 15 is 0 Å². The fraction of sp³-hybridized carbons (Fsp3) is 0.529. The van der Waals surface area contributed by atoms with Crippen LogP contribution in [0.4, 0.5) is 0 Å². The van der Waals surface area contributed by atoms with Crippen molar-refractivity contribution in [1.82, 2.24) is 0 Å². The second-order valence-corrected chi connectivity index (χ2v) is 6.06. The number of hydrogen-bond acceptors (Lipinski definition) is 2. The summed E-state index contributed by atoms with van der Waals surface area (Å²) in [6, 6.07) is 8.28. The average molecular weight is 258 g/mol. The Morgan fingerprint density at radius 3 is 2.63 bits per heavy atom. The molecule has 2 heteroatoms. The maximum atomic E-state index is 6.22. The van der Waals surface area contributed by atoms with Crippen molar-refractivity contribution in [3.8, 4) is 5.75 Å². The van der Waals surface area contributed by atoms with Gasteiger partial charge in [-0.1, -0.05) is 30.7 Å². The van der Waals surface area contributed by atoms with Crippen LogP contribution in [0.1, 0.15) is 39.4 Å². The van der Waals surface area contributed by atoms with Gasteiger partial charge in [0, 0.05) is 11.5 Å². The molecule has 1 aromatic carbocycles. The molecule has 0 saturated carbocycles. The molecule has 19 heavy (non-hydrogen) atoms. The van der Waals surface area contributed by atoms with Crippen LogP contribution in [0.25, 0.3) is 0 Å². The van der Waals surface area contributed by atoms with Gasteiger partial charge in [-0.3, -0.25) is 0 Å². The average Bonchev–Trinajstić information content (AvgIpc) is 2.66. The number of ether oxygens (including phenoxy) is 2. The van der Waals surface area contributed by atoms with Crippen molar-refractivity contribution in [1.29, 1.82) is 0 Å². The highest BCUT2D eigenvalue weighted by Crippen LogP contribution is 2.50. The normalized spacial score (nSPS) is 36.1. The Bertz CT molecular complexity index is 502. The molecule has 1 fully saturated rings. The zero-order chi connectivity index (χ0) is 13.6. The highest BCUT2D eigenvalue weighted by atomic mass is 16.5. The Kier molecular flexibility index (Phi) is 3.14. The van der Waals surface area contributed by atoms with Gasteiger partial charge in [0.05, 0.1) is 12.2 Å². The van der Waals surface area contributed by atoms with Crippen molar-refractivity contribution in [2.75, 3.05) is 0 Å². The number of hydrogen-bond donors (Lipinski definition) is 0. The minimum atomic E-state index is 0.129. The molecule has 2 aliphatic heterocycles.